The third kappa shape index (κ3) is 4.65. The van der Waals surface area contributed by atoms with Crippen LogP contribution in [0.4, 0.5) is 0 Å². The fraction of sp³-hybridized carbons (Fsp3) is 0.300. The van der Waals surface area contributed by atoms with Crippen LogP contribution in [0.3, 0.4) is 0 Å². The average molecular weight is 371 g/mol. The number of hydrogen-bond donors (Lipinski definition) is 1. The highest BCUT2D eigenvalue weighted by Gasteiger charge is 2.25. The van der Waals surface area contributed by atoms with Gasteiger partial charge in [-0.05, 0) is 25.0 Å². The minimum Gasteiger partial charge on any atom is -0.444 e. The van der Waals surface area contributed by atoms with Crippen LogP contribution in [0, 0.1) is 0 Å². The Balaban J connectivity index is 1.73. The summed E-state index contributed by atoms with van der Waals surface area (Å²) in [6.45, 7) is 0.798. The van der Waals surface area contributed by atoms with E-state index in [9.17, 15) is 9.59 Å². The van der Waals surface area contributed by atoms with Gasteiger partial charge >= 0.3 is 5.97 Å². The van der Waals surface area contributed by atoms with Crippen molar-refractivity contribution in [2.45, 2.75) is 29.9 Å². The number of carbonyl (C=O) groups excluding carboxylic acids is 2. The van der Waals surface area contributed by atoms with Crippen molar-refractivity contribution >= 4 is 23.6 Å². The molecule has 6 heteroatoms. The molecule has 1 amide bonds. The van der Waals surface area contributed by atoms with E-state index in [1.807, 2.05) is 18.2 Å². The summed E-state index contributed by atoms with van der Waals surface area (Å²) in [5.74, 6) is -0.482. The van der Waals surface area contributed by atoms with Gasteiger partial charge in [-0.25, -0.2) is 4.79 Å². The number of rotatable bonds is 7. The highest BCUT2D eigenvalue weighted by Crippen LogP contribution is 2.28. The van der Waals surface area contributed by atoms with Gasteiger partial charge < -0.3 is 15.2 Å². The standard InChI is InChI=1S/C20H21NO4S/c21-19(22)18(14-7-2-1-3-8-14)25-20(23)16-10-4-5-11-17(16)26-13-15-9-6-12-24-15/h1-5,7-8,10-11,15,18H,6,9,12-13H2,(H2,21,22). The third-order valence-corrected chi connectivity index (χ3v) is 5.35. The molecular weight excluding hydrogens is 350 g/mol. The van der Waals surface area contributed by atoms with Gasteiger partial charge in [0, 0.05) is 22.8 Å². The lowest BCUT2D eigenvalue weighted by molar-refractivity contribution is -0.127. The number of thioether (sulfide) groups is 1. The van der Waals surface area contributed by atoms with Crippen LogP contribution in [-0.2, 0) is 14.3 Å². The largest absolute Gasteiger partial charge is 0.444 e. The Kier molecular flexibility index (Phi) is 6.30. The van der Waals surface area contributed by atoms with Crippen molar-refractivity contribution in [3.8, 4) is 0 Å². The summed E-state index contributed by atoms with van der Waals surface area (Å²) in [6.07, 6.45) is 1.22. The molecule has 1 saturated heterocycles. The summed E-state index contributed by atoms with van der Waals surface area (Å²) in [6, 6.07) is 16.0. The fourth-order valence-corrected chi connectivity index (χ4v) is 3.92. The van der Waals surface area contributed by atoms with E-state index in [-0.39, 0.29) is 6.10 Å². The summed E-state index contributed by atoms with van der Waals surface area (Å²) in [5.41, 5.74) is 6.42. The van der Waals surface area contributed by atoms with Gasteiger partial charge in [0.15, 0.2) is 0 Å². The van der Waals surface area contributed by atoms with Gasteiger partial charge in [-0.2, -0.15) is 0 Å². The maximum absolute atomic E-state index is 12.7. The van der Waals surface area contributed by atoms with Crippen molar-refractivity contribution in [3.63, 3.8) is 0 Å². The van der Waals surface area contributed by atoms with Gasteiger partial charge in [-0.15, -0.1) is 11.8 Å². The summed E-state index contributed by atoms with van der Waals surface area (Å²) in [7, 11) is 0. The molecule has 136 valence electrons. The van der Waals surface area contributed by atoms with Crippen LogP contribution in [0.25, 0.3) is 0 Å². The second kappa shape index (κ2) is 8.87. The smallest absolute Gasteiger partial charge is 0.340 e. The number of amides is 1. The summed E-state index contributed by atoms with van der Waals surface area (Å²) >= 11 is 1.56. The minimum absolute atomic E-state index is 0.215. The molecule has 2 N–H and O–H groups in total. The fourth-order valence-electron chi connectivity index (χ4n) is 2.81. The molecule has 26 heavy (non-hydrogen) atoms. The highest BCUT2D eigenvalue weighted by atomic mass is 32.2. The second-order valence-corrected chi connectivity index (χ2v) is 7.10. The van der Waals surface area contributed by atoms with Gasteiger partial charge in [0.1, 0.15) is 0 Å². The van der Waals surface area contributed by atoms with E-state index in [2.05, 4.69) is 0 Å². The first-order chi connectivity index (χ1) is 12.6. The molecule has 2 unspecified atom stereocenters. The van der Waals surface area contributed by atoms with Crippen molar-refractivity contribution in [2.24, 2.45) is 5.73 Å². The molecule has 0 aromatic heterocycles. The van der Waals surface area contributed by atoms with Gasteiger partial charge in [-0.1, -0.05) is 42.5 Å². The topological polar surface area (TPSA) is 78.6 Å². The predicted molar refractivity (Wildman–Crippen MR) is 99.9 cm³/mol. The van der Waals surface area contributed by atoms with Crippen molar-refractivity contribution in [2.75, 3.05) is 12.4 Å². The van der Waals surface area contributed by atoms with Crippen molar-refractivity contribution < 1.29 is 19.1 Å². The number of primary amides is 1. The van der Waals surface area contributed by atoms with Crippen molar-refractivity contribution in [1.82, 2.24) is 0 Å². The zero-order chi connectivity index (χ0) is 18.4. The molecule has 0 radical (unpaired) electrons. The van der Waals surface area contributed by atoms with Crippen LogP contribution in [0.2, 0.25) is 0 Å². The lowest BCUT2D eigenvalue weighted by atomic mass is 10.1. The maximum atomic E-state index is 12.7. The zero-order valence-corrected chi connectivity index (χ0v) is 15.1. The molecule has 3 rings (SSSR count). The van der Waals surface area contributed by atoms with E-state index in [0.29, 0.717) is 11.1 Å². The zero-order valence-electron chi connectivity index (χ0n) is 14.3. The van der Waals surface area contributed by atoms with Crippen molar-refractivity contribution in [1.29, 1.82) is 0 Å². The molecule has 0 spiro atoms. The van der Waals surface area contributed by atoms with Gasteiger partial charge in [0.25, 0.3) is 5.91 Å². The molecule has 5 nitrogen and oxygen atoms in total. The summed E-state index contributed by atoms with van der Waals surface area (Å²) < 4.78 is 11.1. The molecule has 1 aliphatic rings. The normalized spacial score (nSPS) is 17.6. The first kappa shape index (κ1) is 18.5. The number of carbonyl (C=O) groups is 2. The number of nitrogens with two attached hydrogens (primary N) is 1. The first-order valence-electron chi connectivity index (χ1n) is 8.54. The van der Waals surface area contributed by atoms with E-state index < -0.39 is 18.0 Å². The Hall–Kier alpha value is -2.31. The minimum atomic E-state index is -1.11. The van der Waals surface area contributed by atoms with E-state index >= 15 is 0 Å². The molecule has 1 aliphatic heterocycles. The second-order valence-electron chi connectivity index (χ2n) is 6.04. The van der Waals surface area contributed by atoms with E-state index in [1.54, 1.807) is 48.2 Å². The Morgan fingerprint density at radius 1 is 1.15 bits per heavy atom. The summed E-state index contributed by atoms with van der Waals surface area (Å²) in [4.78, 5) is 25.3. The Morgan fingerprint density at radius 2 is 1.88 bits per heavy atom. The molecule has 1 heterocycles. The van der Waals surface area contributed by atoms with E-state index in [4.69, 9.17) is 15.2 Å². The van der Waals surface area contributed by atoms with Crippen LogP contribution in [0.15, 0.2) is 59.5 Å². The highest BCUT2D eigenvalue weighted by molar-refractivity contribution is 7.99. The van der Waals surface area contributed by atoms with Crippen LogP contribution >= 0.6 is 11.8 Å². The number of esters is 1. The third-order valence-electron chi connectivity index (χ3n) is 4.14. The molecule has 1 fully saturated rings. The Labute approximate surface area is 156 Å². The number of hydrogen-bond acceptors (Lipinski definition) is 5. The Morgan fingerprint density at radius 3 is 2.58 bits per heavy atom. The lowest BCUT2D eigenvalue weighted by Gasteiger charge is -2.17. The molecule has 2 aromatic carbocycles. The predicted octanol–water partition coefficient (Wildman–Crippen LogP) is 3.34. The molecule has 0 saturated carbocycles. The molecule has 0 bridgehead atoms. The van der Waals surface area contributed by atoms with Crippen molar-refractivity contribution in [3.05, 3.63) is 65.7 Å². The molecule has 2 aromatic rings. The van der Waals surface area contributed by atoms with E-state index in [1.165, 1.54) is 0 Å². The van der Waals surface area contributed by atoms with Gasteiger partial charge in [-0.3, -0.25) is 4.79 Å². The molecule has 0 aliphatic carbocycles. The lowest BCUT2D eigenvalue weighted by Crippen LogP contribution is -2.26. The van der Waals surface area contributed by atoms with Crippen LogP contribution in [0.1, 0.15) is 34.9 Å². The number of benzene rings is 2. The van der Waals surface area contributed by atoms with Crippen LogP contribution < -0.4 is 5.73 Å². The van der Waals surface area contributed by atoms with E-state index in [0.717, 1.165) is 30.1 Å². The maximum Gasteiger partial charge on any atom is 0.340 e. The Bertz CT molecular complexity index is 759. The molecular formula is C20H21NO4S. The number of ether oxygens (including phenoxy) is 2. The first-order valence-corrected chi connectivity index (χ1v) is 9.52. The van der Waals surface area contributed by atoms with Gasteiger partial charge in [0.2, 0.25) is 6.10 Å². The SMILES string of the molecule is NC(=O)C(OC(=O)c1ccccc1SCC1CCCO1)c1ccccc1. The van der Waals surface area contributed by atoms with Crippen LogP contribution in [0.5, 0.6) is 0 Å². The van der Waals surface area contributed by atoms with Crippen LogP contribution in [-0.4, -0.2) is 30.3 Å². The molecule has 2 atom stereocenters. The summed E-state index contributed by atoms with van der Waals surface area (Å²) in [5, 5.41) is 0. The quantitative estimate of drug-likeness (QED) is 0.596. The van der Waals surface area contributed by atoms with Gasteiger partial charge in [0.05, 0.1) is 11.7 Å². The monoisotopic (exact) mass is 371 g/mol. The average Bonchev–Trinajstić information content (AvgIpc) is 3.18.